The Hall–Kier alpha value is -1.10. The fraction of sp³-hybridized carbons (Fsp3) is 0.538. The quantitative estimate of drug-likeness (QED) is 0.798. The Morgan fingerprint density at radius 3 is 2.44 bits per heavy atom. The molecule has 2 rings (SSSR count). The molecule has 0 saturated carbocycles. The number of amides is 1. The first-order valence-electron chi connectivity index (χ1n) is 6.13. The lowest BCUT2D eigenvalue weighted by Gasteiger charge is -2.45. The average molecular weight is 312 g/mol. The van der Waals surface area contributed by atoms with Gasteiger partial charge in [-0.05, 0) is 35.8 Å². The number of pyridine rings is 1. The zero-order chi connectivity index (χ0) is 13.3. The molecule has 0 radical (unpaired) electrons. The summed E-state index contributed by atoms with van der Waals surface area (Å²) in [5.74, 6) is 0.155. The summed E-state index contributed by atoms with van der Waals surface area (Å²) in [6.07, 6.45) is 3.65. The number of hydrogen-bond donors (Lipinski definition) is 0. The maximum atomic E-state index is 11.6. The van der Waals surface area contributed by atoms with E-state index in [9.17, 15) is 4.79 Å². The zero-order valence-corrected chi connectivity index (χ0v) is 12.5. The van der Waals surface area contributed by atoms with Crippen molar-refractivity contribution in [2.24, 2.45) is 0 Å². The van der Waals surface area contributed by atoms with Gasteiger partial charge in [0.25, 0.3) is 0 Å². The molecule has 0 aliphatic carbocycles. The lowest BCUT2D eigenvalue weighted by molar-refractivity contribution is -0.133. The van der Waals surface area contributed by atoms with Gasteiger partial charge in [0.2, 0.25) is 5.91 Å². The summed E-state index contributed by atoms with van der Waals surface area (Å²) in [7, 11) is 0. The average Bonchev–Trinajstić information content (AvgIpc) is 2.27. The lowest BCUT2D eigenvalue weighted by atomic mass is 10.1. The molecule has 1 aromatic heterocycles. The molecule has 2 atom stereocenters. The van der Waals surface area contributed by atoms with Crippen LogP contribution in [0.15, 0.2) is 22.9 Å². The first-order chi connectivity index (χ1) is 8.49. The molecule has 1 saturated heterocycles. The highest BCUT2D eigenvalue weighted by molar-refractivity contribution is 9.10. The number of aromatic nitrogens is 1. The van der Waals surface area contributed by atoms with Gasteiger partial charge in [-0.15, -0.1) is 0 Å². The van der Waals surface area contributed by atoms with Gasteiger partial charge in [-0.2, -0.15) is 0 Å². The van der Waals surface area contributed by atoms with Crippen molar-refractivity contribution >= 4 is 27.5 Å². The molecule has 0 aromatic carbocycles. The van der Waals surface area contributed by atoms with Crippen LogP contribution >= 0.6 is 15.9 Å². The first-order valence-corrected chi connectivity index (χ1v) is 6.92. The summed E-state index contributed by atoms with van der Waals surface area (Å²) in [6, 6.07) is 2.52. The predicted octanol–water partition coefficient (Wildman–Crippen LogP) is 2.29. The van der Waals surface area contributed by atoms with Crippen molar-refractivity contribution < 1.29 is 4.79 Å². The number of halogens is 1. The van der Waals surface area contributed by atoms with E-state index in [-0.39, 0.29) is 18.0 Å². The van der Waals surface area contributed by atoms with Crippen LogP contribution in [0.3, 0.4) is 0 Å². The summed E-state index contributed by atoms with van der Waals surface area (Å²) in [5.41, 5.74) is 1.10. The Morgan fingerprint density at radius 1 is 1.33 bits per heavy atom. The van der Waals surface area contributed by atoms with Crippen molar-refractivity contribution in [1.82, 2.24) is 9.88 Å². The van der Waals surface area contributed by atoms with Crippen LogP contribution in [-0.2, 0) is 4.79 Å². The standard InChI is InChI=1S/C13H18BrN3O/c1-9-7-16(8-10(2)17(9)11(3)18)13-4-12(14)5-15-6-13/h4-6,9-10H,7-8H2,1-3H3. The number of piperazine rings is 1. The summed E-state index contributed by atoms with van der Waals surface area (Å²) >= 11 is 3.44. The summed E-state index contributed by atoms with van der Waals surface area (Å²) in [5, 5.41) is 0. The molecular formula is C13H18BrN3O. The summed E-state index contributed by atoms with van der Waals surface area (Å²) < 4.78 is 0.981. The predicted molar refractivity (Wildman–Crippen MR) is 75.6 cm³/mol. The summed E-state index contributed by atoms with van der Waals surface area (Å²) in [6.45, 7) is 7.53. The second-order valence-electron chi connectivity index (χ2n) is 4.89. The highest BCUT2D eigenvalue weighted by Crippen LogP contribution is 2.24. The molecule has 2 heterocycles. The smallest absolute Gasteiger partial charge is 0.220 e. The van der Waals surface area contributed by atoms with E-state index in [4.69, 9.17) is 0 Å². The van der Waals surface area contributed by atoms with Crippen LogP contribution in [0.2, 0.25) is 0 Å². The van der Waals surface area contributed by atoms with Crippen molar-refractivity contribution in [1.29, 1.82) is 0 Å². The molecular weight excluding hydrogens is 294 g/mol. The Labute approximate surface area is 116 Å². The molecule has 1 fully saturated rings. The van der Waals surface area contributed by atoms with Gasteiger partial charge in [0, 0.05) is 42.8 Å². The molecule has 0 bridgehead atoms. The monoisotopic (exact) mass is 311 g/mol. The number of anilines is 1. The number of nitrogens with zero attached hydrogens (tertiary/aromatic N) is 3. The topological polar surface area (TPSA) is 36.4 Å². The molecule has 4 nitrogen and oxygen atoms in total. The van der Waals surface area contributed by atoms with Crippen LogP contribution in [0, 0.1) is 0 Å². The van der Waals surface area contributed by atoms with Crippen LogP contribution in [0.25, 0.3) is 0 Å². The lowest BCUT2D eigenvalue weighted by Crippen LogP contribution is -2.58. The number of hydrogen-bond acceptors (Lipinski definition) is 3. The van der Waals surface area contributed by atoms with Crippen molar-refractivity contribution in [3.8, 4) is 0 Å². The number of carbonyl (C=O) groups is 1. The second kappa shape index (κ2) is 5.26. The molecule has 0 spiro atoms. The van der Waals surface area contributed by atoms with Crippen molar-refractivity contribution in [3.63, 3.8) is 0 Å². The van der Waals surface area contributed by atoms with Crippen molar-refractivity contribution in [3.05, 3.63) is 22.9 Å². The van der Waals surface area contributed by atoms with Crippen LogP contribution in [0.5, 0.6) is 0 Å². The van der Waals surface area contributed by atoms with Gasteiger partial charge in [-0.1, -0.05) is 0 Å². The molecule has 1 amide bonds. The maximum Gasteiger partial charge on any atom is 0.220 e. The van der Waals surface area contributed by atoms with Crippen LogP contribution in [-0.4, -0.2) is 41.0 Å². The highest BCUT2D eigenvalue weighted by atomic mass is 79.9. The van der Waals surface area contributed by atoms with Crippen LogP contribution in [0.4, 0.5) is 5.69 Å². The fourth-order valence-corrected chi connectivity index (χ4v) is 3.08. The number of carbonyl (C=O) groups excluding carboxylic acids is 1. The minimum absolute atomic E-state index is 0.155. The van der Waals surface area contributed by atoms with E-state index in [1.165, 1.54) is 0 Å². The van der Waals surface area contributed by atoms with Crippen LogP contribution < -0.4 is 4.90 Å². The zero-order valence-electron chi connectivity index (χ0n) is 10.9. The summed E-state index contributed by atoms with van der Waals surface area (Å²) in [4.78, 5) is 20.0. The Morgan fingerprint density at radius 2 is 1.94 bits per heavy atom. The Bertz CT molecular complexity index is 440. The van der Waals surface area contributed by atoms with Gasteiger partial charge < -0.3 is 9.80 Å². The van der Waals surface area contributed by atoms with Gasteiger partial charge >= 0.3 is 0 Å². The van der Waals surface area contributed by atoms with Gasteiger partial charge in [0.15, 0.2) is 0 Å². The van der Waals surface area contributed by atoms with E-state index < -0.39 is 0 Å². The molecule has 1 aliphatic rings. The minimum atomic E-state index is 0.155. The molecule has 5 heteroatoms. The van der Waals surface area contributed by atoms with E-state index in [1.807, 2.05) is 11.1 Å². The molecule has 18 heavy (non-hydrogen) atoms. The van der Waals surface area contributed by atoms with Crippen molar-refractivity contribution in [2.45, 2.75) is 32.9 Å². The third-order valence-corrected chi connectivity index (χ3v) is 3.77. The second-order valence-corrected chi connectivity index (χ2v) is 5.81. The van der Waals surface area contributed by atoms with Gasteiger partial charge in [0.1, 0.15) is 0 Å². The van der Waals surface area contributed by atoms with E-state index in [2.05, 4.69) is 45.7 Å². The largest absolute Gasteiger partial charge is 0.366 e. The molecule has 98 valence electrons. The first kappa shape index (κ1) is 13.3. The normalized spacial score (nSPS) is 24.2. The highest BCUT2D eigenvalue weighted by Gasteiger charge is 2.31. The third-order valence-electron chi connectivity index (χ3n) is 3.34. The minimum Gasteiger partial charge on any atom is -0.366 e. The van der Waals surface area contributed by atoms with Crippen molar-refractivity contribution in [2.75, 3.05) is 18.0 Å². The third kappa shape index (κ3) is 2.66. The number of rotatable bonds is 1. The van der Waals surface area contributed by atoms with E-state index in [0.29, 0.717) is 0 Å². The van der Waals surface area contributed by atoms with Gasteiger partial charge in [0.05, 0.1) is 11.9 Å². The SMILES string of the molecule is CC(=O)N1C(C)CN(c2cncc(Br)c2)CC1C. The Balaban J connectivity index is 2.17. The van der Waals surface area contributed by atoms with Crippen LogP contribution in [0.1, 0.15) is 20.8 Å². The molecule has 1 aliphatic heterocycles. The van der Waals surface area contributed by atoms with E-state index >= 15 is 0 Å². The van der Waals surface area contributed by atoms with Gasteiger partial charge in [-0.3, -0.25) is 9.78 Å². The molecule has 1 aromatic rings. The molecule has 2 unspecified atom stereocenters. The van der Waals surface area contributed by atoms with E-state index in [0.717, 1.165) is 23.2 Å². The maximum absolute atomic E-state index is 11.6. The fourth-order valence-electron chi connectivity index (χ4n) is 2.73. The molecule has 0 N–H and O–H groups in total. The van der Waals surface area contributed by atoms with E-state index in [1.54, 1.807) is 13.1 Å². The Kier molecular flexibility index (Phi) is 3.90. The van der Waals surface area contributed by atoms with Gasteiger partial charge in [-0.25, -0.2) is 0 Å².